The number of Topliss-reactive ketones (excluding diaryl/α,β-unsaturated/α-hetero) is 1. The maximum absolute atomic E-state index is 11.3. The van der Waals surface area contributed by atoms with Crippen molar-refractivity contribution in [3.63, 3.8) is 0 Å². The number of hydrogen-bond acceptors (Lipinski definition) is 3. The number of nitrogens with one attached hydrogen (secondary N) is 1. The molecule has 13 heavy (non-hydrogen) atoms. The van der Waals surface area contributed by atoms with Gasteiger partial charge in [0.25, 0.3) is 0 Å². The fraction of sp³-hybridized carbons (Fsp3) is 0.111. The van der Waals surface area contributed by atoms with Crippen molar-refractivity contribution < 1.29 is 4.79 Å². The van der Waals surface area contributed by atoms with E-state index in [4.69, 9.17) is 0 Å². The van der Waals surface area contributed by atoms with Crippen molar-refractivity contribution >= 4 is 29.4 Å². The Hall–Kier alpha value is -1.29. The zero-order valence-electron chi connectivity index (χ0n) is 6.82. The Morgan fingerprint density at radius 2 is 2.38 bits per heavy atom. The predicted molar refractivity (Wildman–Crippen MR) is 54.3 cm³/mol. The van der Waals surface area contributed by atoms with Crippen molar-refractivity contribution in [2.45, 2.75) is 0 Å². The molecule has 0 unspecified atom stereocenters. The van der Waals surface area contributed by atoms with Gasteiger partial charge in [0.15, 0.2) is 5.78 Å². The molecule has 1 N–H and O–H groups in total. The van der Waals surface area contributed by atoms with Crippen LogP contribution in [0.1, 0.15) is 10.4 Å². The summed E-state index contributed by atoms with van der Waals surface area (Å²) >= 11 is 3.93. The second-order valence-electron chi connectivity index (χ2n) is 2.72. The minimum atomic E-state index is 0.0276. The van der Waals surface area contributed by atoms with E-state index in [1.54, 1.807) is 18.5 Å². The number of hydrogen-bond donors (Lipinski definition) is 2. The van der Waals surface area contributed by atoms with E-state index in [0.29, 0.717) is 5.56 Å². The van der Waals surface area contributed by atoms with Crippen LogP contribution in [0, 0.1) is 0 Å². The third-order valence-electron chi connectivity index (χ3n) is 1.89. The number of aromatic nitrogens is 2. The average molecular weight is 192 g/mol. The second kappa shape index (κ2) is 3.22. The van der Waals surface area contributed by atoms with Gasteiger partial charge in [0.2, 0.25) is 0 Å². The van der Waals surface area contributed by atoms with Gasteiger partial charge in [-0.2, -0.15) is 12.6 Å². The summed E-state index contributed by atoms with van der Waals surface area (Å²) in [6.07, 6.45) is 1.61. The van der Waals surface area contributed by atoms with Crippen molar-refractivity contribution in [1.29, 1.82) is 0 Å². The molecule has 0 aliphatic carbocycles. The number of rotatable bonds is 2. The molecule has 0 saturated carbocycles. The van der Waals surface area contributed by atoms with E-state index in [0.717, 1.165) is 11.0 Å². The minimum Gasteiger partial charge on any atom is -0.345 e. The molecule has 0 aliphatic rings. The number of nitrogens with zero attached hydrogens (tertiary/aromatic N) is 1. The lowest BCUT2D eigenvalue weighted by molar-refractivity contribution is 0.102. The van der Waals surface area contributed by atoms with Gasteiger partial charge in [-0.3, -0.25) is 4.79 Å². The number of thiol groups is 1. The van der Waals surface area contributed by atoms with E-state index in [1.165, 1.54) is 0 Å². The van der Waals surface area contributed by atoms with Crippen LogP contribution in [0.2, 0.25) is 0 Å². The van der Waals surface area contributed by atoms with Gasteiger partial charge in [0.05, 0.1) is 23.1 Å². The van der Waals surface area contributed by atoms with Crippen molar-refractivity contribution in [1.82, 2.24) is 9.97 Å². The summed E-state index contributed by atoms with van der Waals surface area (Å²) in [6.45, 7) is 0. The van der Waals surface area contributed by atoms with Crippen LogP contribution in [0.25, 0.3) is 11.0 Å². The number of ketones is 1. The molecule has 0 aliphatic heterocycles. The molecule has 1 aromatic heterocycles. The van der Waals surface area contributed by atoms with Gasteiger partial charge in [-0.15, -0.1) is 0 Å². The molecule has 1 heterocycles. The number of carbonyl (C=O) groups is 1. The summed E-state index contributed by atoms with van der Waals surface area (Å²) in [5, 5.41) is 0. The fourth-order valence-corrected chi connectivity index (χ4v) is 1.38. The zero-order valence-corrected chi connectivity index (χ0v) is 7.71. The van der Waals surface area contributed by atoms with Crippen molar-refractivity contribution in [3.05, 3.63) is 30.1 Å². The quantitative estimate of drug-likeness (QED) is 0.561. The first-order chi connectivity index (χ1) is 6.31. The lowest BCUT2D eigenvalue weighted by atomic mass is 10.1. The summed E-state index contributed by atoms with van der Waals surface area (Å²) in [4.78, 5) is 18.3. The first-order valence-corrected chi connectivity index (χ1v) is 4.51. The molecule has 0 saturated heterocycles. The molecular weight excluding hydrogens is 184 g/mol. The standard InChI is InChI=1S/C9H8N2OS/c12-9(4-13)6-1-2-7-8(3-6)11-5-10-7/h1-3,5,13H,4H2,(H,10,11). The predicted octanol–water partition coefficient (Wildman–Crippen LogP) is 1.68. The van der Waals surface area contributed by atoms with E-state index in [2.05, 4.69) is 22.6 Å². The van der Waals surface area contributed by atoms with Gasteiger partial charge in [-0.05, 0) is 18.2 Å². The molecular formula is C9H8N2OS. The Labute approximate surface area is 80.6 Å². The van der Waals surface area contributed by atoms with E-state index < -0.39 is 0 Å². The second-order valence-corrected chi connectivity index (χ2v) is 3.03. The molecule has 1 aromatic carbocycles. The Morgan fingerprint density at radius 3 is 3.15 bits per heavy atom. The van der Waals surface area contributed by atoms with Crippen LogP contribution in [0.3, 0.4) is 0 Å². The van der Waals surface area contributed by atoms with Gasteiger partial charge in [-0.1, -0.05) is 0 Å². The Balaban J connectivity index is 2.54. The summed E-state index contributed by atoms with van der Waals surface area (Å²) in [5.74, 6) is 0.263. The average Bonchev–Trinajstić information content (AvgIpc) is 2.63. The maximum atomic E-state index is 11.3. The van der Waals surface area contributed by atoms with E-state index in [-0.39, 0.29) is 11.5 Å². The van der Waals surface area contributed by atoms with Gasteiger partial charge in [0, 0.05) is 5.56 Å². The van der Waals surface area contributed by atoms with Crippen LogP contribution < -0.4 is 0 Å². The SMILES string of the molecule is O=C(CS)c1ccc2nc[nH]c2c1. The number of benzene rings is 1. The first kappa shape index (κ1) is 8.31. The molecule has 2 rings (SSSR count). The molecule has 2 aromatic rings. The third kappa shape index (κ3) is 1.45. The lowest BCUT2D eigenvalue weighted by Crippen LogP contribution is -1.99. The Morgan fingerprint density at radius 1 is 1.54 bits per heavy atom. The molecule has 66 valence electrons. The molecule has 0 amide bonds. The van der Waals surface area contributed by atoms with Crippen LogP contribution >= 0.6 is 12.6 Å². The number of aromatic amines is 1. The van der Waals surface area contributed by atoms with Gasteiger partial charge in [0.1, 0.15) is 0 Å². The van der Waals surface area contributed by atoms with Crippen LogP contribution in [0.4, 0.5) is 0 Å². The van der Waals surface area contributed by atoms with Crippen LogP contribution in [-0.4, -0.2) is 21.5 Å². The molecule has 0 atom stereocenters. The summed E-state index contributed by atoms with van der Waals surface area (Å²) in [6, 6.07) is 5.38. The Kier molecular flexibility index (Phi) is 2.06. The number of imidazole rings is 1. The van der Waals surface area contributed by atoms with Gasteiger partial charge in [-0.25, -0.2) is 4.98 Å². The van der Waals surface area contributed by atoms with Crippen LogP contribution in [0.15, 0.2) is 24.5 Å². The minimum absolute atomic E-state index is 0.0276. The van der Waals surface area contributed by atoms with E-state index in [9.17, 15) is 4.79 Å². The highest BCUT2D eigenvalue weighted by molar-refractivity contribution is 7.81. The number of carbonyl (C=O) groups excluding carboxylic acids is 1. The molecule has 0 fully saturated rings. The highest BCUT2D eigenvalue weighted by Gasteiger charge is 2.04. The maximum Gasteiger partial charge on any atom is 0.172 e. The molecule has 0 spiro atoms. The number of fused-ring (bicyclic) bond motifs is 1. The van der Waals surface area contributed by atoms with Crippen molar-refractivity contribution in [2.75, 3.05) is 5.75 Å². The summed E-state index contributed by atoms with van der Waals surface area (Å²) < 4.78 is 0. The van der Waals surface area contributed by atoms with E-state index in [1.807, 2.05) is 6.07 Å². The zero-order chi connectivity index (χ0) is 9.26. The molecule has 4 heteroatoms. The molecule has 0 radical (unpaired) electrons. The highest BCUT2D eigenvalue weighted by atomic mass is 32.1. The van der Waals surface area contributed by atoms with Crippen molar-refractivity contribution in [3.8, 4) is 0 Å². The van der Waals surface area contributed by atoms with Crippen LogP contribution in [0.5, 0.6) is 0 Å². The monoisotopic (exact) mass is 192 g/mol. The Bertz CT molecular complexity index is 450. The summed E-state index contributed by atoms with van der Waals surface area (Å²) in [7, 11) is 0. The third-order valence-corrected chi connectivity index (χ3v) is 2.17. The number of H-pyrrole nitrogens is 1. The molecule has 0 bridgehead atoms. The van der Waals surface area contributed by atoms with Crippen LogP contribution in [-0.2, 0) is 0 Å². The highest BCUT2D eigenvalue weighted by Crippen LogP contribution is 2.12. The van der Waals surface area contributed by atoms with E-state index >= 15 is 0 Å². The van der Waals surface area contributed by atoms with Crippen molar-refractivity contribution in [2.24, 2.45) is 0 Å². The summed E-state index contributed by atoms with van der Waals surface area (Å²) in [5.41, 5.74) is 2.43. The van der Waals surface area contributed by atoms with Gasteiger partial charge >= 0.3 is 0 Å². The lowest BCUT2D eigenvalue weighted by Gasteiger charge is -1.96. The van der Waals surface area contributed by atoms with Gasteiger partial charge < -0.3 is 4.98 Å². The fourth-order valence-electron chi connectivity index (χ4n) is 1.20. The first-order valence-electron chi connectivity index (χ1n) is 3.88. The molecule has 3 nitrogen and oxygen atoms in total. The normalized spacial score (nSPS) is 10.5. The smallest absolute Gasteiger partial charge is 0.172 e. The largest absolute Gasteiger partial charge is 0.345 e. The topological polar surface area (TPSA) is 45.8 Å².